The number of thioether (sulfide) groups is 1. The molecule has 1 N–H and O–H groups in total. The summed E-state index contributed by atoms with van der Waals surface area (Å²) in [5, 5.41) is 12.9. The predicted molar refractivity (Wildman–Crippen MR) is 127 cm³/mol. The van der Waals surface area contributed by atoms with Crippen molar-refractivity contribution >= 4 is 17.7 Å². The van der Waals surface area contributed by atoms with E-state index < -0.39 is 0 Å². The van der Waals surface area contributed by atoms with E-state index in [1.807, 2.05) is 36.4 Å². The summed E-state index contributed by atoms with van der Waals surface area (Å²) in [7, 11) is 3.18. The van der Waals surface area contributed by atoms with Gasteiger partial charge < -0.3 is 24.3 Å². The Labute approximate surface area is 201 Å². The Morgan fingerprint density at radius 1 is 1.09 bits per heavy atom. The number of carbonyl (C=O) groups excluding carboxylic acids is 1. The van der Waals surface area contributed by atoms with Crippen LogP contribution in [-0.2, 0) is 11.2 Å². The van der Waals surface area contributed by atoms with E-state index in [0.717, 1.165) is 11.1 Å². The Morgan fingerprint density at radius 3 is 2.71 bits per heavy atom. The minimum absolute atomic E-state index is 0.135. The lowest BCUT2D eigenvalue weighted by Crippen LogP contribution is -2.27. The molecule has 0 bridgehead atoms. The fraction of sp³-hybridized carbons (Fsp3) is 0.240. The first-order chi connectivity index (χ1) is 16.6. The van der Waals surface area contributed by atoms with Crippen LogP contribution in [0.3, 0.4) is 0 Å². The van der Waals surface area contributed by atoms with Gasteiger partial charge in [-0.15, -0.1) is 0 Å². The molecular weight excluding hydrogens is 454 g/mol. The van der Waals surface area contributed by atoms with E-state index in [2.05, 4.69) is 16.4 Å². The van der Waals surface area contributed by atoms with Crippen molar-refractivity contribution < 1.29 is 23.7 Å². The highest BCUT2D eigenvalue weighted by atomic mass is 32.2. The van der Waals surface area contributed by atoms with Crippen LogP contribution in [0.5, 0.6) is 23.0 Å². The van der Waals surface area contributed by atoms with E-state index in [1.165, 1.54) is 11.8 Å². The van der Waals surface area contributed by atoms with Crippen LogP contribution in [0.4, 0.5) is 0 Å². The summed E-state index contributed by atoms with van der Waals surface area (Å²) >= 11 is 1.23. The first kappa shape index (κ1) is 23.3. The summed E-state index contributed by atoms with van der Waals surface area (Å²) in [6.07, 6.45) is 0.651. The zero-order chi connectivity index (χ0) is 23.9. The number of nitrogens with one attached hydrogen (secondary N) is 1. The number of fused-ring (bicyclic) bond motifs is 1. The Morgan fingerprint density at radius 2 is 1.91 bits per heavy atom. The molecule has 1 amide bonds. The van der Waals surface area contributed by atoms with Gasteiger partial charge in [0.05, 0.1) is 31.2 Å². The monoisotopic (exact) mass is 477 g/mol. The minimum atomic E-state index is -0.135. The molecule has 0 saturated heterocycles. The molecule has 0 atom stereocenters. The van der Waals surface area contributed by atoms with Gasteiger partial charge in [0, 0.05) is 12.1 Å². The molecule has 0 radical (unpaired) electrons. The van der Waals surface area contributed by atoms with E-state index in [-0.39, 0.29) is 18.5 Å². The molecule has 1 aromatic heterocycles. The average Bonchev–Trinajstić information content (AvgIpc) is 3.35. The SMILES string of the molecule is COc1ccc(CCNC(=O)CSc2nc(-c3ccc4c(c3)OCO4)ccc2C#N)cc1OC. The van der Waals surface area contributed by atoms with Crippen molar-refractivity contribution in [3.05, 3.63) is 59.7 Å². The van der Waals surface area contributed by atoms with E-state index >= 15 is 0 Å². The molecular formula is C25H23N3O5S. The molecule has 2 aromatic carbocycles. The summed E-state index contributed by atoms with van der Waals surface area (Å²) in [4.78, 5) is 17.0. The van der Waals surface area contributed by atoms with Crippen LogP contribution in [0.2, 0.25) is 0 Å². The van der Waals surface area contributed by atoms with Crippen LogP contribution in [0.15, 0.2) is 53.6 Å². The third kappa shape index (κ3) is 5.35. The van der Waals surface area contributed by atoms with Crippen LogP contribution in [0.25, 0.3) is 11.3 Å². The van der Waals surface area contributed by atoms with Crippen LogP contribution in [-0.4, -0.2) is 44.2 Å². The highest BCUT2D eigenvalue weighted by Gasteiger charge is 2.16. The molecule has 0 fully saturated rings. The highest BCUT2D eigenvalue weighted by molar-refractivity contribution is 8.00. The standard InChI is InChI=1S/C25H23N3O5S/c1-30-20-7-3-16(11-22(20)31-2)9-10-27-24(29)14-34-25-18(13-26)4-6-19(28-25)17-5-8-21-23(12-17)33-15-32-21/h3-8,11-12H,9-10,14-15H2,1-2H3,(H,27,29). The smallest absolute Gasteiger partial charge is 0.231 e. The summed E-state index contributed by atoms with van der Waals surface area (Å²) in [6.45, 7) is 0.673. The van der Waals surface area contributed by atoms with E-state index in [0.29, 0.717) is 52.2 Å². The number of rotatable bonds is 9. The van der Waals surface area contributed by atoms with Crippen LogP contribution < -0.4 is 24.3 Å². The first-order valence-corrected chi connectivity index (χ1v) is 11.5. The van der Waals surface area contributed by atoms with Crippen molar-refractivity contribution in [3.8, 4) is 40.3 Å². The van der Waals surface area contributed by atoms with Gasteiger partial charge in [0.2, 0.25) is 12.7 Å². The third-order valence-corrected chi connectivity index (χ3v) is 6.16. The summed E-state index contributed by atoms with van der Waals surface area (Å²) < 4.78 is 21.3. The van der Waals surface area contributed by atoms with E-state index in [1.54, 1.807) is 26.4 Å². The number of benzene rings is 2. The molecule has 4 rings (SSSR count). The van der Waals surface area contributed by atoms with E-state index in [9.17, 15) is 10.1 Å². The predicted octanol–water partition coefficient (Wildman–Crippen LogP) is 3.82. The van der Waals surface area contributed by atoms with E-state index in [4.69, 9.17) is 18.9 Å². The summed E-state index contributed by atoms with van der Waals surface area (Å²) in [6, 6.07) is 16.9. The Kier molecular flexibility index (Phi) is 7.40. The largest absolute Gasteiger partial charge is 0.493 e. The van der Waals surface area contributed by atoms with Crippen molar-refractivity contribution in [3.63, 3.8) is 0 Å². The molecule has 1 aliphatic rings. The molecule has 8 nitrogen and oxygen atoms in total. The second kappa shape index (κ2) is 10.8. The Bertz CT molecular complexity index is 1240. The molecule has 0 saturated carbocycles. The number of carbonyl (C=O) groups is 1. The lowest BCUT2D eigenvalue weighted by Gasteiger charge is -2.10. The lowest BCUT2D eigenvalue weighted by molar-refractivity contribution is -0.118. The number of nitriles is 1. The number of hydrogen-bond donors (Lipinski definition) is 1. The van der Waals surface area contributed by atoms with Crippen LogP contribution in [0.1, 0.15) is 11.1 Å². The molecule has 0 spiro atoms. The second-order valence-electron chi connectivity index (χ2n) is 7.31. The van der Waals surface area contributed by atoms with Gasteiger partial charge in [0.25, 0.3) is 0 Å². The molecule has 174 valence electrons. The number of aromatic nitrogens is 1. The average molecular weight is 478 g/mol. The van der Waals surface area contributed by atoms with Crippen molar-refractivity contribution in [1.82, 2.24) is 10.3 Å². The summed E-state index contributed by atoms with van der Waals surface area (Å²) in [5.41, 5.74) is 2.98. The van der Waals surface area contributed by atoms with Gasteiger partial charge >= 0.3 is 0 Å². The van der Waals surface area contributed by atoms with Crippen molar-refractivity contribution in [2.75, 3.05) is 33.3 Å². The fourth-order valence-electron chi connectivity index (χ4n) is 3.42. The summed E-state index contributed by atoms with van der Waals surface area (Å²) in [5.74, 6) is 2.68. The molecule has 2 heterocycles. The Balaban J connectivity index is 1.35. The number of methoxy groups -OCH3 is 2. The molecule has 0 aliphatic carbocycles. The number of nitrogens with zero attached hydrogens (tertiary/aromatic N) is 2. The maximum absolute atomic E-state index is 12.4. The zero-order valence-corrected chi connectivity index (χ0v) is 19.6. The fourth-order valence-corrected chi connectivity index (χ4v) is 4.22. The van der Waals surface area contributed by atoms with Gasteiger partial charge in [-0.1, -0.05) is 17.8 Å². The van der Waals surface area contributed by atoms with Gasteiger partial charge in [-0.25, -0.2) is 4.98 Å². The molecule has 34 heavy (non-hydrogen) atoms. The molecule has 3 aromatic rings. The van der Waals surface area contributed by atoms with Gasteiger partial charge in [0.1, 0.15) is 11.1 Å². The zero-order valence-electron chi connectivity index (χ0n) is 18.8. The minimum Gasteiger partial charge on any atom is -0.493 e. The number of amides is 1. The van der Waals surface area contributed by atoms with Crippen molar-refractivity contribution in [1.29, 1.82) is 5.26 Å². The maximum Gasteiger partial charge on any atom is 0.231 e. The van der Waals surface area contributed by atoms with Gasteiger partial charge in [-0.3, -0.25) is 4.79 Å². The van der Waals surface area contributed by atoms with Gasteiger partial charge in [-0.05, 0) is 54.4 Å². The number of ether oxygens (including phenoxy) is 4. The Hall–Kier alpha value is -3.90. The normalized spacial score (nSPS) is 11.6. The maximum atomic E-state index is 12.4. The second-order valence-corrected chi connectivity index (χ2v) is 8.27. The van der Waals surface area contributed by atoms with Crippen LogP contribution >= 0.6 is 11.8 Å². The van der Waals surface area contributed by atoms with Gasteiger partial charge in [0.15, 0.2) is 23.0 Å². The van der Waals surface area contributed by atoms with Gasteiger partial charge in [-0.2, -0.15) is 5.26 Å². The molecule has 9 heteroatoms. The quantitative estimate of drug-likeness (QED) is 0.464. The molecule has 1 aliphatic heterocycles. The van der Waals surface area contributed by atoms with Crippen LogP contribution in [0, 0.1) is 11.3 Å². The first-order valence-electron chi connectivity index (χ1n) is 10.5. The third-order valence-electron chi connectivity index (χ3n) is 5.17. The number of pyridine rings is 1. The topological polar surface area (TPSA) is 103 Å². The lowest BCUT2D eigenvalue weighted by atomic mass is 10.1. The van der Waals surface area contributed by atoms with Crippen molar-refractivity contribution in [2.45, 2.75) is 11.4 Å². The van der Waals surface area contributed by atoms with Crippen molar-refractivity contribution in [2.24, 2.45) is 0 Å². The highest BCUT2D eigenvalue weighted by Crippen LogP contribution is 2.36. The molecule has 0 unspecified atom stereocenters. The number of hydrogen-bond acceptors (Lipinski definition) is 8.